The first-order valence-corrected chi connectivity index (χ1v) is 41.0. The highest BCUT2D eigenvalue weighted by Gasteiger charge is 2.38. The Morgan fingerprint density at radius 1 is 0.172 bits per heavy atom. The molecule has 18 aromatic rings. The van der Waals surface area contributed by atoms with E-state index < -0.39 is 0 Å². The van der Waals surface area contributed by atoms with Gasteiger partial charge in [0.15, 0.2) is 0 Å². The standard InChI is InChI=1S/C108H90N6O8/c1-115-91-45-29-83(30-46-91)109(84-31-47-92(116-2)48-32-84)79-21-9-71(10-22-79)75-17-61-103-99(67-75)100-68-76(72-11-23-80(24-12-72)110(85-33-49-93(117-3)50-34-85)86-35-51-94(118-4)52-36-86)18-62-104(100)113(103)107-65-66-108(107)114-105-63-19-77(73-13-25-81(26-14-73)111(87-37-53-95(119-5)54-38-87)88-39-55-96(120-6)56-40-88)69-101(105)102-70-78(20-64-106(102)114)74-15-27-82(28-16-74)112(89-41-57-97(121-7)58-42-89)90-43-59-98(122-8)60-44-90/h9-64,67-70,107-108H,65-66H2,1-8H3. The van der Waals surface area contributed by atoms with Crippen LogP contribution in [0.15, 0.2) is 364 Å². The van der Waals surface area contributed by atoms with E-state index in [1.165, 1.54) is 43.6 Å². The van der Waals surface area contributed by atoms with Gasteiger partial charge in [0.2, 0.25) is 0 Å². The largest absolute Gasteiger partial charge is 0.497 e. The third-order valence-corrected chi connectivity index (χ3v) is 24.0. The molecule has 2 unspecified atom stereocenters. The van der Waals surface area contributed by atoms with E-state index in [9.17, 15) is 0 Å². The van der Waals surface area contributed by atoms with Crippen LogP contribution in [0.5, 0.6) is 46.0 Å². The maximum absolute atomic E-state index is 5.61. The zero-order valence-electron chi connectivity index (χ0n) is 69.2. The number of ether oxygens (including phenoxy) is 8. The molecule has 2 atom stereocenters. The number of fused-ring (bicyclic) bond motifs is 6. The zero-order valence-corrected chi connectivity index (χ0v) is 69.2. The second-order valence-corrected chi connectivity index (χ2v) is 30.5. The van der Waals surface area contributed by atoms with Crippen molar-refractivity contribution in [2.24, 2.45) is 0 Å². The second-order valence-electron chi connectivity index (χ2n) is 30.5. The maximum Gasteiger partial charge on any atom is 0.119 e. The number of methoxy groups -OCH3 is 8. The van der Waals surface area contributed by atoms with E-state index in [2.05, 4.69) is 296 Å². The molecule has 2 aromatic heterocycles. The molecule has 1 saturated carbocycles. The molecular weight excluding hydrogens is 1510 g/mol. The van der Waals surface area contributed by atoms with Crippen LogP contribution >= 0.6 is 0 Å². The van der Waals surface area contributed by atoms with E-state index in [-0.39, 0.29) is 12.1 Å². The first-order chi connectivity index (χ1) is 60.0. The zero-order chi connectivity index (χ0) is 82.9. The normalized spacial score (nSPS) is 13.0. The molecule has 0 N–H and O–H groups in total. The molecule has 14 heteroatoms. The highest BCUT2D eigenvalue weighted by Crippen LogP contribution is 2.53. The lowest BCUT2D eigenvalue weighted by Crippen LogP contribution is -2.31. The number of hydrogen-bond acceptors (Lipinski definition) is 12. The van der Waals surface area contributed by atoms with E-state index in [1.807, 2.05) is 97.1 Å². The van der Waals surface area contributed by atoms with Gasteiger partial charge in [0.05, 0.1) is 69.0 Å². The maximum atomic E-state index is 5.61. The van der Waals surface area contributed by atoms with Crippen LogP contribution in [0.25, 0.3) is 88.1 Å². The highest BCUT2D eigenvalue weighted by atomic mass is 16.5. The Balaban J connectivity index is 0.733. The Morgan fingerprint density at radius 2 is 0.303 bits per heavy atom. The average molecular weight is 1600 g/mol. The lowest BCUT2D eigenvalue weighted by Gasteiger charge is -2.40. The van der Waals surface area contributed by atoms with Gasteiger partial charge in [-0.1, -0.05) is 72.8 Å². The number of hydrogen-bond donors (Lipinski definition) is 0. The minimum absolute atomic E-state index is 0.0889. The number of benzene rings is 16. The summed E-state index contributed by atoms with van der Waals surface area (Å²) in [5, 5.41) is 4.76. The molecule has 0 aliphatic heterocycles. The lowest BCUT2D eigenvalue weighted by atomic mass is 9.85. The fourth-order valence-electron chi connectivity index (χ4n) is 17.5. The summed E-state index contributed by atoms with van der Waals surface area (Å²) in [6.45, 7) is 0. The molecule has 0 spiro atoms. The molecule has 0 saturated heterocycles. The minimum Gasteiger partial charge on any atom is -0.497 e. The van der Waals surface area contributed by atoms with Gasteiger partial charge in [-0.2, -0.15) is 0 Å². The van der Waals surface area contributed by atoms with Gasteiger partial charge in [-0.15, -0.1) is 0 Å². The Bertz CT molecular complexity index is 5740. The number of anilines is 12. The molecule has 1 aliphatic rings. The fraction of sp³-hybridized carbons (Fsp3) is 0.111. The molecule has 14 nitrogen and oxygen atoms in total. The Morgan fingerprint density at radius 3 is 0.434 bits per heavy atom. The SMILES string of the molecule is COc1ccc(N(c2ccc(OC)cc2)c2ccc(-c3ccc4c(c3)c3cc(-c5ccc(N(c6ccc(OC)cc6)c6ccc(OC)cc6)cc5)ccc3n4C3CCC3n3c4ccc(-c5ccc(N(c6ccc(OC)cc6)c6ccc(OC)cc6)cc5)cc4c4cc(-c5ccc(N(c6ccc(OC)cc6)c6ccc(OC)cc6)cc5)ccc43)cc2)cc1. The first kappa shape index (κ1) is 76.7. The summed E-state index contributed by atoms with van der Waals surface area (Å²) in [6.07, 6.45) is 1.97. The summed E-state index contributed by atoms with van der Waals surface area (Å²) in [6, 6.07) is 130. The van der Waals surface area contributed by atoms with Crippen molar-refractivity contribution in [3.63, 3.8) is 0 Å². The molecule has 1 fully saturated rings. The minimum atomic E-state index is 0.0889. The number of aromatic nitrogens is 2. The van der Waals surface area contributed by atoms with Crippen LogP contribution in [-0.2, 0) is 0 Å². The first-order valence-electron chi connectivity index (χ1n) is 41.0. The van der Waals surface area contributed by atoms with Crippen LogP contribution < -0.4 is 57.5 Å². The van der Waals surface area contributed by atoms with E-state index in [0.717, 1.165) is 172 Å². The molecule has 19 rings (SSSR count). The predicted molar refractivity (Wildman–Crippen MR) is 499 cm³/mol. The van der Waals surface area contributed by atoms with Crippen molar-refractivity contribution >= 4 is 112 Å². The van der Waals surface area contributed by atoms with Crippen molar-refractivity contribution in [3.8, 4) is 90.5 Å². The third-order valence-electron chi connectivity index (χ3n) is 24.0. The second kappa shape index (κ2) is 33.3. The molecule has 2 heterocycles. The molecule has 600 valence electrons. The molecule has 1 aliphatic carbocycles. The van der Waals surface area contributed by atoms with Crippen LogP contribution in [-0.4, -0.2) is 66.0 Å². The summed E-state index contributed by atoms with van der Waals surface area (Å²) in [4.78, 5) is 9.05. The Labute approximate surface area is 710 Å². The van der Waals surface area contributed by atoms with Gasteiger partial charge in [0.1, 0.15) is 46.0 Å². The van der Waals surface area contributed by atoms with Crippen molar-refractivity contribution in [3.05, 3.63) is 364 Å². The van der Waals surface area contributed by atoms with Gasteiger partial charge in [-0.05, 0) is 349 Å². The lowest BCUT2D eigenvalue weighted by molar-refractivity contribution is 0.205. The van der Waals surface area contributed by atoms with Gasteiger partial charge in [-0.3, -0.25) is 0 Å². The third kappa shape index (κ3) is 14.6. The molecule has 0 radical (unpaired) electrons. The van der Waals surface area contributed by atoms with Crippen LogP contribution in [0.4, 0.5) is 68.2 Å². The van der Waals surface area contributed by atoms with E-state index >= 15 is 0 Å². The quantitative estimate of drug-likeness (QED) is 0.0516. The van der Waals surface area contributed by atoms with Crippen molar-refractivity contribution in [2.45, 2.75) is 24.9 Å². The van der Waals surface area contributed by atoms with Gasteiger partial charge >= 0.3 is 0 Å². The topological polar surface area (TPSA) is 96.7 Å². The van der Waals surface area contributed by atoms with Gasteiger partial charge in [0.25, 0.3) is 0 Å². The summed E-state index contributed by atoms with van der Waals surface area (Å²) in [5.74, 6) is 6.34. The summed E-state index contributed by atoms with van der Waals surface area (Å²) < 4.78 is 50.2. The summed E-state index contributed by atoms with van der Waals surface area (Å²) in [5.41, 5.74) is 25.8. The van der Waals surface area contributed by atoms with Crippen molar-refractivity contribution in [1.29, 1.82) is 0 Å². The molecular formula is C108H90N6O8. The highest BCUT2D eigenvalue weighted by molar-refractivity contribution is 6.13. The molecule has 16 aromatic carbocycles. The van der Waals surface area contributed by atoms with Crippen molar-refractivity contribution in [2.75, 3.05) is 76.5 Å². The van der Waals surface area contributed by atoms with Crippen molar-refractivity contribution < 1.29 is 37.9 Å². The van der Waals surface area contributed by atoms with Gasteiger partial charge in [0, 0.05) is 112 Å². The monoisotopic (exact) mass is 1600 g/mol. The van der Waals surface area contributed by atoms with E-state index in [4.69, 9.17) is 37.9 Å². The number of nitrogens with zero attached hydrogens (tertiary/aromatic N) is 6. The molecule has 0 amide bonds. The van der Waals surface area contributed by atoms with Gasteiger partial charge in [-0.25, -0.2) is 0 Å². The van der Waals surface area contributed by atoms with Crippen LogP contribution in [0.2, 0.25) is 0 Å². The van der Waals surface area contributed by atoms with E-state index in [1.54, 1.807) is 56.9 Å². The smallest absolute Gasteiger partial charge is 0.119 e. The summed E-state index contributed by atoms with van der Waals surface area (Å²) in [7, 11) is 13.6. The van der Waals surface area contributed by atoms with Crippen molar-refractivity contribution in [1.82, 2.24) is 9.13 Å². The van der Waals surface area contributed by atoms with Crippen LogP contribution in [0, 0.1) is 0 Å². The summed E-state index contributed by atoms with van der Waals surface area (Å²) >= 11 is 0. The Hall–Kier alpha value is -15.3. The van der Waals surface area contributed by atoms with Crippen LogP contribution in [0.3, 0.4) is 0 Å². The molecule has 0 bridgehead atoms. The van der Waals surface area contributed by atoms with Gasteiger partial charge < -0.3 is 66.6 Å². The van der Waals surface area contributed by atoms with Crippen LogP contribution in [0.1, 0.15) is 24.9 Å². The average Bonchev–Trinajstić information content (AvgIpc) is 1.55. The van der Waals surface area contributed by atoms with E-state index in [0.29, 0.717) is 0 Å². The molecule has 122 heavy (non-hydrogen) atoms. The fourth-order valence-corrected chi connectivity index (χ4v) is 17.5. The predicted octanol–water partition coefficient (Wildman–Crippen LogP) is 28.1. The Kier molecular flexibility index (Phi) is 20.9. The number of rotatable bonds is 26.